The van der Waals surface area contributed by atoms with Crippen molar-refractivity contribution in [3.8, 4) is 11.8 Å². The molecule has 1 saturated carbocycles. The molecular formula is C24H30N6O. The van der Waals surface area contributed by atoms with Gasteiger partial charge in [-0.1, -0.05) is 19.1 Å². The first-order valence-corrected chi connectivity index (χ1v) is 11.4. The summed E-state index contributed by atoms with van der Waals surface area (Å²) in [6.07, 6.45) is 8.86. The Morgan fingerprint density at radius 1 is 1.26 bits per heavy atom. The molecule has 0 bridgehead atoms. The summed E-state index contributed by atoms with van der Waals surface area (Å²) in [5, 5.41) is 22.1. The number of aryl methyl sites for hydroxylation is 1. The van der Waals surface area contributed by atoms with E-state index in [9.17, 15) is 5.11 Å². The SMILES string of the molecule is CCc1cc(O)ccc1C1CCC2C(C1)NNC2c1ncc(C2=C[C@H](CC#N)NC2)[nH]1. The predicted octanol–water partition coefficient (Wildman–Crippen LogP) is 3.05. The molecule has 0 spiro atoms. The number of hydrogen-bond acceptors (Lipinski definition) is 6. The molecule has 1 saturated heterocycles. The van der Waals surface area contributed by atoms with E-state index in [0.29, 0.717) is 30.0 Å². The van der Waals surface area contributed by atoms with E-state index in [1.807, 2.05) is 18.3 Å². The number of nitrogens with one attached hydrogen (secondary N) is 4. The summed E-state index contributed by atoms with van der Waals surface area (Å²) < 4.78 is 0. The summed E-state index contributed by atoms with van der Waals surface area (Å²) in [5.74, 6) is 2.36. The van der Waals surface area contributed by atoms with Crippen molar-refractivity contribution >= 4 is 5.57 Å². The average molecular weight is 419 g/mol. The first-order valence-electron chi connectivity index (χ1n) is 11.4. The molecule has 7 nitrogen and oxygen atoms in total. The number of hydrazine groups is 1. The van der Waals surface area contributed by atoms with Crippen LogP contribution in [0.4, 0.5) is 0 Å². The minimum atomic E-state index is 0.130. The number of phenolic OH excluding ortho intramolecular Hbond substituents is 1. The van der Waals surface area contributed by atoms with Crippen molar-refractivity contribution in [3.05, 3.63) is 53.1 Å². The molecule has 2 fully saturated rings. The first-order chi connectivity index (χ1) is 15.2. The molecule has 2 aliphatic heterocycles. The second kappa shape index (κ2) is 8.46. The van der Waals surface area contributed by atoms with E-state index in [4.69, 9.17) is 10.2 Å². The van der Waals surface area contributed by atoms with E-state index < -0.39 is 0 Å². The maximum atomic E-state index is 9.84. The van der Waals surface area contributed by atoms with Crippen LogP contribution in [0.15, 0.2) is 30.5 Å². The monoisotopic (exact) mass is 418 g/mol. The number of imidazole rings is 1. The van der Waals surface area contributed by atoms with Gasteiger partial charge in [-0.2, -0.15) is 5.26 Å². The van der Waals surface area contributed by atoms with E-state index in [1.54, 1.807) is 0 Å². The van der Waals surface area contributed by atoms with Crippen LogP contribution in [-0.2, 0) is 6.42 Å². The highest BCUT2D eigenvalue weighted by Crippen LogP contribution is 2.44. The van der Waals surface area contributed by atoms with Gasteiger partial charge in [-0.15, -0.1) is 0 Å². The molecule has 1 aliphatic carbocycles. The smallest absolute Gasteiger partial charge is 0.125 e. The van der Waals surface area contributed by atoms with Crippen LogP contribution in [0, 0.1) is 17.2 Å². The highest BCUT2D eigenvalue weighted by atomic mass is 16.3. The van der Waals surface area contributed by atoms with Gasteiger partial charge in [-0.05, 0) is 66.4 Å². The fourth-order valence-corrected chi connectivity index (χ4v) is 5.59. The molecule has 3 heterocycles. The zero-order valence-corrected chi connectivity index (χ0v) is 17.9. The fraction of sp³-hybridized carbons (Fsp3) is 0.500. The van der Waals surface area contributed by atoms with Crippen LogP contribution in [0.3, 0.4) is 0 Å². The minimum Gasteiger partial charge on any atom is -0.508 e. The van der Waals surface area contributed by atoms with E-state index in [-0.39, 0.29) is 12.1 Å². The Hall–Kier alpha value is -2.66. The van der Waals surface area contributed by atoms with Crippen molar-refractivity contribution in [1.29, 1.82) is 5.26 Å². The second-order valence-electron chi connectivity index (χ2n) is 9.01. The lowest BCUT2D eigenvalue weighted by atomic mass is 9.73. The largest absolute Gasteiger partial charge is 0.508 e. The van der Waals surface area contributed by atoms with Crippen LogP contribution in [-0.4, -0.2) is 33.7 Å². The zero-order chi connectivity index (χ0) is 21.4. The highest BCUT2D eigenvalue weighted by Gasteiger charge is 2.42. The topological polar surface area (TPSA) is 109 Å². The quantitative estimate of drug-likeness (QED) is 0.511. The molecule has 31 heavy (non-hydrogen) atoms. The van der Waals surface area contributed by atoms with Gasteiger partial charge >= 0.3 is 0 Å². The van der Waals surface area contributed by atoms with Crippen LogP contribution in [0.25, 0.3) is 5.57 Å². The molecule has 1 aromatic heterocycles. The highest BCUT2D eigenvalue weighted by molar-refractivity contribution is 5.66. The lowest BCUT2D eigenvalue weighted by Crippen LogP contribution is -2.35. The third-order valence-electron chi connectivity index (χ3n) is 7.21. The Morgan fingerprint density at radius 3 is 3.00 bits per heavy atom. The Kier molecular flexibility index (Phi) is 5.53. The Labute approximate surface area is 182 Å². The van der Waals surface area contributed by atoms with E-state index in [1.165, 1.54) is 16.7 Å². The maximum absolute atomic E-state index is 9.84. The number of fused-ring (bicyclic) bond motifs is 1. The van der Waals surface area contributed by atoms with E-state index in [2.05, 4.69) is 46.3 Å². The third kappa shape index (κ3) is 3.87. The summed E-state index contributed by atoms with van der Waals surface area (Å²) in [6, 6.07) is 8.79. The van der Waals surface area contributed by atoms with Gasteiger partial charge in [0.25, 0.3) is 0 Å². The fourth-order valence-electron chi connectivity index (χ4n) is 5.59. The summed E-state index contributed by atoms with van der Waals surface area (Å²) in [7, 11) is 0. The van der Waals surface area contributed by atoms with Gasteiger partial charge in [-0.3, -0.25) is 5.43 Å². The number of nitrogens with zero attached hydrogens (tertiary/aromatic N) is 2. The normalized spacial score (nSPS) is 30.1. The van der Waals surface area contributed by atoms with Gasteiger partial charge in [0.15, 0.2) is 0 Å². The molecule has 162 valence electrons. The number of H-pyrrole nitrogens is 1. The van der Waals surface area contributed by atoms with Gasteiger partial charge < -0.3 is 15.4 Å². The van der Waals surface area contributed by atoms with Gasteiger partial charge in [0, 0.05) is 18.6 Å². The first kappa shape index (κ1) is 20.3. The van der Waals surface area contributed by atoms with Crippen LogP contribution < -0.4 is 16.2 Å². The molecule has 5 N–H and O–H groups in total. The van der Waals surface area contributed by atoms with Crippen LogP contribution >= 0.6 is 0 Å². The minimum absolute atomic E-state index is 0.130. The number of aromatic amines is 1. The summed E-state index contributed by atoms with van der Waals surface area (Å²) >= 11 is 0. The van der Waals surface area contributed by atoms with Crippen molar-refractivity contribution in [3.63, 3.8) is 0 Å². The van der Waals surface area contributed by atoms with Crippen molar-refractivity contribution < 1.29 is 5.11 Å². The number of hydrogen-bond donors (Lipinski definition) is 5. The van der Waals surface area contributed by atoms with Gasteiger partial charge in [0.1, 0.15) is 11.6 Å². The van der Waals surface area contributed by atoms with Crippen molar-refractivity contribution in [2.24, 2.45) is 5.92 Å². The second-order valence-corrected chi connectivity index (χ2v) is 9.01. The molecule has 0 radical (unpaired) electrons. The van der Waals surface area contributed by atoms with E-state index >= 15 is 0 Å². The molecule has 2 aromatic rings. The van der Waals surface area contributed by atoms with Crippen LogP contribution in [0.5, 0.6) is 5.75 Å². The Bertz CT molecular complexity index is 1020. The van der Waals surface area contributed by atoms with Gasteiger partial charge in [0.05, 0.1) is 30.4 Å². The van der Waals surface area contributed by atoms with E-state index in [0.717, 1.165) is 43.7 Å². The molecular weight excluding hydrogens is 388 g/mol. The van der Waals surface area contributed by atoms with Crippen LogP contribution in [0.1, 0.15) is 67.2 Å². The zero-order valence-electron chi connectivity index (χ0n) is 17.9. The molecule has 3 aliphatic rings. The molecule has 1 aromatic carbocycles. The molecule has 7 heteroatoms. The van der Waals surface area contributed by atoms with Crippen molar-refractivity contribution in [2.45, 2.75) is 63.1 Å². The van der Waals surface area contributed by atoms with Crippen molar-refractivity contribution in [2.75, 3.05) is 6.54 Å². The number of rotatable bonds is 5. The van der Waals surface area contributed by atoms with Gasteiger partial charge in [0.2, 0.25) is 0 Å². The lowest BCUT2D eigenvalue weighted by molar-refractivity contribution is 0.276. The summed E-state index contributed by atoms with van der Waals surface area (Å²) in [6.45, 7) is 2.92. The third-order valence-corrected chi connectivity index (χ3v) is 7.21. The maximum Gasteiger partial charge on any atom is 0.125 e. The summed E-state index contributed by atoms with van der Waals surface area (Å²) in [5.41, 5.74) is 11.9. The predicted molar refractivity (Wildman–Crippen MR) is 119 cm³/mol. The number of nitriles is 1. The van der Waals surface area contributed by atoms with Gasteiger partial charge in [-0.25, -0.2) is 10.4 Å². The Balaban J connectivity index is 1.28. The number of benzene rings is 1. The number of phenols is 1. The molecule has 5 rings (SSSR count). The molecule has 0 amide bonds. The van der Waals surface area contributed by atoms with Crippen molar-refractivity contribution in [1.82, 2.24) is 26.1 Å². The van der Waals surface area contributed by atoms with Crippen LogP contribution in [0.2, 0.25) is 0 Å². The molecule has 5 atom stereocenters. The lowest BCUT2D eigenvalue weighted by Gasteiger charge is -2.33. The molecule has 4 unspecified atom stereocenters. The summed E-state index contributed by atoms with van der Waals surface area (Å²) in [4.78, 5) is 8.23. The standard InChI is InChI=1S/C24H30N6O/c1-2-14-10-18(31)4-6-19(14)15-3-5-20-21(11-15)29-30-23(20)24-27-13-22(28-24)16-9-17(7-8-25)26-12-16/h4,6,9-10,13,15,17,20-21,23,26,29-31H,2-3,5,7,11-12H2,1H3,(H,27,28)/t15?,17-,20?,21?,23?/m0/s1. The Morgan fingerprint density at radius 2 is 2.16 bits per heavy atom. The number of aromatic nitrogens is 2. The average Bonchev–Trinajstić information content (AvgIpc) is 3.52. The number of aromatic hydroxyl groups is 1.